The molecule has 5 nitrogen and oxygen atoms in total. The van der Waals surface area contributed by atoms with Crippen LogP contribution >= 0.6 is 0 Å². The standard InChI is InChI=1S/C13H16FN5/c1-8(13-16-18-19-17-13)15-10-6-9(7-10)11-4-2-3-5-12(11)14/h2-5,8-10,15H,6-7H2,1H3,(H,16,17,18,19). The summed E-state index contributed by atoms with van der Waals surface area (Å²) in [5, 5.41) is 17.3. The van der Waals surface area contributed by atoms with E-state index in [1.807, 2.05) is 19.1 Å². The van der Waals surface area contributed by atoms with Crippen LogP contribution in [0.25, 0.3) is 0 Å². The van der Waals surface area contributed by atoms with Gasteiger partial charge in [-0.1, -0.05) is 23.4 Å². The molecule has 0 saturated heterocycles. The van der Waals surface area contributed by atoms with Crippen LogP contribution in [-0.2, 0) is 0 Å². The summed E-state index contributed by atoms with van der Waals surface area (Å²) < 4.78 is 13.6. The first-order valence-corrected chi connectivity index (χ1v) is 6.48. The van der Waals surface area contributed by atoms with Crippen molar-refractivity contribution in [2.45, 2.75) is 37.8 Å². The van der Waals surface area contributed by atoms with Crippen LogP contribution in [-0.4, -0.2) is 26.7 Å². The summed E-state index contributed by atoms with van der Waals surface area (Å²) in [6, 6.07) is 7.46. The number of halogens is 1. The Labute approximate surface area is 110 Å². The Kier molecular flexibility index (Phi) is 3.25. The Morgan fingerprint density at radius 3 is 2.84 bits per heavy atom. The predicted octanol–water partition coefficient (Wildman–Crippen LogP) is 1.94. The SMILES string of the molecule is CC(NC1CC(c2ccccc2F)C1)c1nn[nH]n1. The molecule has 2 N–H and O–H groups in total. The zero-order chi connectivity index (χ0) is 13.2. The van der Waals surface area contributed by atoms with Gasteiger partial charge in [-0.05, 0) is 37.3 Å². The lowest BCUT2D eigenvalue weighted by molar-refractivity contribution is 0.263. The molecule has 1 unspecified atom stereocenters. The maximum absolute atomic E-state index is 13.6. The Hall–Kier alpha value is -1.82. The van der Waals surface area contributed by atoms with Gasteiger partial charge in [0.05, 0.1) is 6.04 Å². The lowest BCUT2D eigenvalue weighted by Gasteiger charge is -2.37. The Morgan fingerprint density at radius 2 is 2.16 bits per heavy atom. The summed E-state index contributed by atoms with van der Waals surface area (Å²) in [6.45, 7) is 2.00. The number of tetrazole rings is 1. The molecule has 0 aliphatic heterocycles. The van der Waals surface area contributed by atoms with Crippen LogP contribution in [0.5, 0.6) is 0 Å². The van der Waals surface area contributed by atoms with Crippen LogP contribution in [0.1, 0.15) is 43.1 Å². The lowest BCUT2D eigenvalue weighted by Crippen LogP contribution is -2.41. The third-order valence-electron chi connectivity index (χ3n) is 3.72. The maximum atomic E-state index is 13.6. The molecular formula is C13H16FN5. The van der Waals surface area contributed by atoms with Gasteiger partial charge in [-0.25, -0.2) is 4.39 Å². The highest BCUT2D eigenvalue weighted by molar-refractivity contribution is 5.24. The molecule has 0 spiro atoms. The van der Waals surface area contributed by atoms with Crippen molar-refractivity contribution in [2.75, 3.05) is 0 Å². The lowest BCUT2D eigenvalue weighted by atomic mass is 9.75. The van der Waals surface area contributed by atoms with Crippen LogP contribution in [0.4, 0.5) is 4.39 Å². The van der Waals surface area contributed by atoms with Crippen molar-refractivity contribution < 1.29 is 4.39 Å². The van der Waals surface area contributed by atoms with Gasteiger partial charge in [0, 0.05) is 6.04 Å². The van der Waals surface area contributed by atoms with Crippen molar-refractivity contribution in [1.82, 2.24) is 25.9 Å². The number of hydrogen-bond acceptors (Lipinski definition) is 4. The smallest absolute Gasteiger partial charge is 0.191 e. The molecule has 3 rings (SSSR count). The Bertz CT molecular complexity index is 536. The van der Waals surface area contributed by atoms with E-state index in [0.29, 0.717) is 17.8 Å². The molecule has 19 heavy (non-hydrogen) atoms. The second kappa shape index (κ2) is 5.05. The minimum Gasteiger partial charge on any atom is -0.305 e. The first-order chi connectivity index (χ1) is 9.24. The summed E-state index contributed by atoms with van der Waals surface area (Å²) in [5.74, 6) is 0.877. The van der Waals surface area contributed by atoms with Crippen LogP contribution < -0.4 is 5.32 Å². The van der Waals surface area contributed by atoms with E-state index in [4.69, 9.17) is 0 Å². The molecule has 1 aliphatic rings. The molecule has 1 aromatic heterocycles. The highest BCUT2D eigenvalue weighted by atomic mass is 19.1. The molecule has 1 atom stereocenters. The van der Waals surface area contributed by atoms with Gasteiger partial charge in [0.15, 0.2) is 5.82 Å². The molecule has 0 radical (unpaired) electrons. The van der Waals surface area contributed by atoms with Crippen molar-refractivity contribution in [3.05, 3.63) is 41.5 Å². The van der Waals surface area contributed by atoms with Crippen LogP contribution in [0.3, 0.4) is 0 Å². The summed E-state index contributed by atoms with van der Waals surface area (Å²) in [6.07, 6.45) is 1.90. The fourth-order valence-electron chi connectivity index (χ4n) is 2.60. The number of hydrogen-bond donors (Lipinski definition) is 2. The monoisotopic (exact) mass is 261 g/mol. The average Bonchev–Trinajstić information content (AvgIpc) is 2.88. The molecule has 1 heterocycles. The number of nitrogens with zero attached hydrogens (tertiary/aromatic N) is 3. The van der Waals surface area contributed by atoms with E-state index < -0.39 is 0 Å². The van der Waals surface area contributed by atoms with E-state index in [1.165, 1.54) is 6.07 Å². The van der Waals surface area contributed by atoms with E-state index in [9.17, 15) is 4.39 Å². The van der Waals surface area contributed by atoms with Crippen molar-refractivity contribution in [3.63, 3.8) is 0 Å². The first-order valence-electron chi connectivity index (χ1n) is 6.48. The van der Waals surface area contributed by atoms with Crippen LogP contribution in [0.15, 0.2) is 24.3 Å². The summed E-state index contributed by atoms with van der Waals surface area (Å²) in [5.41, 5.74) is 0.827. The second-order valence-corrected chi connectivity index (χ2v) is 5.05. The number of aromatic nitrogens is 4. The molecule has 2 aromatic rings. The van der Waals surface area contributed by atoms with Gasteiger partial charge >= 0.3 is 0 Å². The van der Waals surface area contributed by atoms with Gasteiger partial charge in [-0.2, -0.15) is 5.21 Å². The normalized spacial score (nSPS) is 23.9. The van der Waals surface area contributed by atoms with Gasteiger partial charge < -0.3 is 5.32 Å². The van der Waals surface area contributed by atoms with Crippen LogP contribution in [0.2, 0.25) is 0 Å². The van der Waals surface area contributed by atoms with Crippen LogP contribution in [0, 0.1) is 5.82 Å². The van der Waals surface area contributed by atoms with Gasteiger partial charge in [0.2, 0.25) is 0 Å². The first kappa shape index (κ1) is 12.2. The highest BCUT2D eigenvalue weighted by Gasteiger charge is 2.33. The molecule has 0 amide bonds. The zero-order valence-corrected chi connectivity index (χ0v) is 10.7. The van der Waals surface area contributed by atoms with Gasteiger partial charge in [-0.3, -0.25) is 0 Å². The number of rotatable bonds is 4. The molecular weight excluding hydrogens is 245 g/mol. The van der Waals surface area contributed by atoms with E-state index in [1.54, 1.807) is 6.07 Å². The fourth-order valence-corrected chi connectivity index (χ4v) is 2.60. The Balaban J connectivity index is 1.55. The Morgan fingerprint density at radius 1 is 1.37 bits per heavy atom. The van der Waals surface area contributed by atoms with E-state index in [-0.39, 0.29) is 11.9 Å². The average molecular weight is 261 g/mol. The van der Waals surface area contributed by atoms with E-state index in [0.717, 1.165) is 18.4 Å². The van der Waals surface area contributed by atoms with Crippen molar-refractivity contribution >= 4 is 0 Å². The third kappa shape index (κ3) is 2.49. The van der Waals surface area contributed by atoms with E-state index in [2.05, 4.69) is 25.9 Å². The predicted molar refractivity (Wildman–Crippen MR) is 67.9 cm³/mol. The molecule has 1 saturated carbocycles. The number of H-pyrrole nitrogens is 1. The minimum absolute atomic E-state index is 0.0605. The van der Waals surface area contributed by atoms with Gasteiger partial charge in [-0.15, -0.1) is 10.2 Å². The van der Waals surface area contributed by atoms with Crippen molar-refractivity contribution in [3.8, 4) is 0 Å². The fraction of sp³-hybridized carbons (Fsp3) is 0.462. The molecule has 6 heteroatoms. The number of benzene rings is 1. The summed E-state index contributed by atoms with van der Waals surface area (Å²) in [7, 11) is 0. The quantitative estimate of drug-likeness (QED) is 0.882. The molecule has 1 aliphatic carbocycles. The number of nitrogens with one attached hydrogen (secondary N) is 2. The molecule has 100 valence electrons. The molecule has 1 fully saturated rings. The van der Waals surface area contributed by atoms with Gasteiger partial charge in [0.1, 0.15) is 5.82 Å². The topological polar surface area (TPSA) is 66.5 Å². The minimum atomic E-state index is -0.0998. The van der Waals surface area contributed by atoms with Gasteiger partial charge in [0.25, 0.3) is 0 Å². The molecule has 1 aromatic carbocycles. The highest BCUT2D eigenvalue weighted by Crippen LogP contribution is 2.38. The second-order valence-electron chi connectivity index (χ2n) is 5.05. The largest absolute Gasteiger partial charge is 0.305 e. The maximum Gasteiger partial charge on any atom is 0.191 e. The number of aromatic amines is 1. The van der Waals surface area contributed by atoms with Crippen molar-refractivity contribution in [2.24, 2.45) is 0 Å². The van der Waals surface area contributed by atoms with Crippen molar-refractivity contribution in [1.29, 1.82) is 0 Å². The van der Waals surface area contributed by atoms with E-state index >= 15 is 0 Å². The molecule has 0 bridgehead atoms. The third-order valence-corrected chi connectivity index (χ3v) is 3.72. The summed E-state index contributed by atoms with van der Waals surface area (Å²) in [4.78, 5) is 0. The summed E-state index contributed by atoms with van der Waals surface area (Å²) >= 11 is 0. The zero-order valence-electron chi connectivity index (χ0n) is 10.7.